The van der Waals surface area contributed by atoms with Crippen molar-refractivity contribution >= 4 is 5.91 Å². The molecule has 1 saturated heterocycles. The summed E-state index contributed by atoms with van der Waals surface area (Å²) < 4.78 is 5.34. The SMILES string of the molecule is CCCC(C)CCCC(C)CCCCC(C)CCCC(C)CCCNC(=O)CN1CCOCC1. The van der Waals surface area contributed by atoms with Gasteiger partial charge in [-0.05, 0) is 36.5 Å². The molecule has 1 amide bonds. The molecule has 4 unspecified atom stereocenters. The van der Waals surface area contributed by atoms with Crippen LogP contribution in [0.4, 0.5) is 0 Å². The lowest BCUT2D eigenvalue weighted by Gasteiger charge is -2.25. The number of ether oxygens (including phenoxy) is 1. The summed E-state index contributed by atoms with van der Waals surface area (Å²) in [6.45, 7) is 16.6. The summed E-state index contributed by atoms with van der Waals surface area (Å²) in [5.41, 5.74) is 0. The van der Waals surface area contributed by atoms with Crippen molar-refractivity contribution < 1.29 is 9.53 Å². The van der Waals surface area contributed by atoms with Crippen LogP contribution in [0.15, 0.2) is 0 Å². The number of hydrogen-bond acceptors (Lipinski definition) is 3. The predicted molar refractivity (Wildman–Crippen MR) is 147 cm³/mol. The fourth-order valence-electron chi connectivity index (χ4n) is 5.38. The molecule has 0 saturated carbocycles. The molecule has 0 aromatic carbocycles. The van der Waals surface area contributed by atoms with Crippen molar-refractivity contribution in [2.45, 2.75) is 125 Å². The van der Waals surface area contributed by atoms with E-state index in [4.69, 9.17) is 4.74 Å². The van der Waals surface area contributed by atoms with Crippen LogP contribution in [0.1, 0.15) is 125 Å². The van der Waals surface area contributed by atoms with E-state index < -0.39 is 0 Å². The Morgan fingerprint density at radius 2 is 1.15 bits per heavy atom. The quantitative estimate of drug-likeness (QED) is 0.173. The normalized spacial score (nSPS) is 18.4. The van der Waals surface area contributed by atoms with Gasteiger partial charge in [-0.3, -0.25) is 9.69 Å². The highest BCUT2D eigenvalue weighted by Gasteiger charge is 2.14. The number of hydrogen-bond donors (Lipinski definition) is 1. The lowest BCUT2D eigenvalue weighted by Crippen LogP contribution is -2.43. The van der Waals surface area contributed by atoms with Gasteiger partial charge >= 0.3 is 0 Å². The summed E-state index contributed by atoms with van der Waals surface area (Å²) in [7, 11) is 0. The zero-order valence-electron chi connectivity index (χ0n) is 23.7. The van der Waals surface area contributed by atoms with Crippen molar-refractivity contribution in [2.24, 2.45) is 23.7 Å². The molecular weight excluding hydrogens is 420 g/mol. The fourth-order valence-corrected chi connectivity index (χ4v) is 5.38. The van der Waals surface area contributed by atoms with E-state index in [0.717, 1.165) is 62.9 Å². The lowest BCUT2D eigenvalue weighted by molar-refractivity contribution is -0.123. The van der Waals surface area contributed by atoms with Gasteiger partial charge in [-0.2, -0.15) is 0 Å². The van der Waals surface area contributed by atoms with E-state index in [9.17, 15) is 4.79 Å². The second-order valence-corrected chi connectivity index (χ2v) is 11.7. The monoisotopic (exact) mass is 480 g/mol. The van der Waals surface area contributed by atoms with Gasteiger partial charge in [0.1, 0.15) is 0 Å². The second kappa shape index (κ2) is 20.6. The summed E-state index contributed by atoms with van der Waals surface area (Å²) in [6, 6.07) is 0. The third-order valence-electron chi connectivity index (χ3n) is 7.88. The van der Waals surface area contributed by atoms with Crippen LogP contribution >= 0.6 is 0 Å². The summed E-state index contributed by atoms with van der Waals surface area (Å²) in [5.74, 6) is 3.64. The molecule has 4 atom stereocenters. The third kappa shape index (κ3) is 17.8. The van der Waals surface area contributed by atoms with E-state index in [-0.39, 0.29) is 5.91 Å². The summed E-state index contributed by atoms with van der Waals surface area (Å²) in [4.78, 5) is 14.2. The standard InChI is InChI=1S/C30H60N2O2/c1-6-12-26(2)15-9-16-27(3)13-7-8-14-28(4)17-10-18-29(5)19-11-20-31-30(33)25-32-21-23-34-24-22-32/h26-29H,6-25H2,1-5H3,(H,31,33). The van der Waals surface area contributed by atoms with E-state index in [1.54, 1.807) is 0 Å². The zero-order chi connectivity index (χ0) is 25.0. The van der Waals surface area contributed by atoms with Gasteiger partial charge in [0.25, 0.3) is 0 Å². The van der Waals surface area contributed by atoms with Gasteiger partial charge < -0.3 is 10.1 Å². The van der Waals surface area contributed by atoms with E-state index in [1.807, 2.05) is 0 Å². The van der Waals surface area contributed by atoms with Gasteiger partial charge in [0.05, 0.1) is 19.8 Å². The van der Waals surface area contributed by atoms with Crippen LogP contribution in [-0.2, 0) is 9.53 Å². The second-order valence-electron chi connectivity index (χ2n) is 11.7. The number of carbonyl (C=O) groups excluding carboxylic acids is 1. The Bertz CT molecular complexity index is 478. The number of carbonyl (C=O) groups is 1. The van der Waals surface area contributed by atoms with Gasteiger partial charge in [-0.15, -0.1) is 0 Å². The molecule has 0 aromatic rings. The van der Waals surface area contributed by atoms with Crippen LogP contribution in [-0.4, -0.2) is 50.2 Å². The van der Waals surface area contributed by atoms with Crippen LogP contribution in [0.2, 0.25) is 0 Å². The molecule has 1 aliphatic heterocycles. The first-order chi connectivity index (χ1) is 16.4. The average Bonchev–Trinajstić information content (AvgIpc) is 2.80. The summed E-state index contributed by atoms with van der Waals surface area (Å²) in [6.07, 6.45) is 19.1. The van der Waals surface area contributed by atoms with Gasteiger partial charge in [-0.25, -0.2) is 0 Å². The highest BCUT2D eigenvalue weighted by molar-refractivity contribution is 5.77. The maximum absolute atomic E-state index is 12.0. The van der Waals surface area contributed by atoms with Crippen LogP contribution in [0.3, 0.4) is 0 Å². The van der Waals surface area contributed by atoms with Crippen molar-refractivity contribution in [2.75, 3.05) is 39.4 Å². The first-order valence-electron chi connectivity index (χ1n) is 15.0. The molecule has 0 aliphatic carbocycles. The Morgan fingerprint density at radius 1 is 0.706 bits per heavy atom. The minimum Gasteiger partial charge on any atom is -0.379 e. The highest BCUT2D eigenvalue weighted by Crippen LogP contribution is 2.23. The Labute approximate surface area is 213 Å². The van der Waals surface area contributed by atoms with Crippen molar-refractivity contribution in [3.05, 3.63) is 0 Å². The number of nitrogens with zero attached hydrogens (tertiary/aromatic N) is 1. The predicted octanol–water partition coefficient (Wildman–Crippen LogP) is 7.46. The molecule has 202 valence electrons. The maximum Gasteiger partial charge on any atom is 0.234 e. The van der Waals surface area contributed by atoms with E-state index in [2.05, 4.69) is 44.8 Å². The molecule has 0 bridgehead atoms. The van der Waals surface area contributed by atoms with E-state index in [0.29, 0.717) is 6.54 Å². The first-order valence-corrected chi connectivity index (χ1v) is 15.0. The molecule has 34 heavy (non-hydrogen) atoms. The molecule has 1 aliphatic rings. The van der Waals surface area contributed by atoms with E-state index >= 15 is 0 Å². The van der Waals surface area contributed by atoms with Crippen molar-refractivity contribution in [1.29, 1.82) is 0 Å². The molecule has 1 fully saturated rings. The molecule has 0 radical (unpaired) electrons. The lowest BCUT2D eigenvalue weighted by atomic mass is 9.91. The Hall–Kier alpha value is -0.610. The van der Waals surface area contributed by atoms with Gasteiger partial charge in [0.15, 0.2) is 0 Å². The van der Waals surface area contributed by atoms with Gasteiger partial charge in [-0.1, -0.05) is 112 Å². The first kappa shape index (κ1) is 31.4. The molecule has 4 nitrogen and oxygen atoms in total. The topological polar surface area (TPSA) is 41.6 Å². The number of rotatable bonds is 21. The van der Waals surface area contributed by atoms with Gasteiger partial charge in [0, 0.05) is 19.6 Å². The number of unbranched alkanes of at least 4 members (excludes halogenated alkanes) is 1. The zero-order valence-corrected chi connectivity index (χ0v) is 23.7. The molecule has 1 heterocycles. The summed E-state index contributed by atoms with van der Waals surface area (Å²) in [5, 5.41) is 3.10. The van der Waals surface area contributed by atoms with Crippen LogP contribution < -0.4 is 5.32 Å². The molecule has 4 heteroatoms. The molecular formula is C30H60N2O2. The van der Waals surface area contributed by atoms with Gasteiger partial charge in [0.2, 0.25) is 5.91 Å². The van der Waals surface area contributed by atoms with Crippen molar-refractivity contribution in [3.8, 4) is 0 Å². The third-order valence-corrected chi connectivity index (χ3v) is 7.88. The minimum atomic E-state index is 0.166. The van der Waals surface area contributed by atoms with Crippen molar-refractivity contribution in [1.82, 2.24) is 10.2 Å². The number of morpholine rings is 1. The molecule has 0 aromatic heterocycles. The molecule has 1 rings (SSSR count). The molecule has 1 N–H and O–H groups in total. The Kier molecular flexibility index (Phi) is 19.0. The summed E-state index contributed by atoms with van der Waals surface area (Å²) >= 11 is 0. The molecule has 0 spiro atoms. The number of amides is 1. The number of nitrogens with one attached hydrogen (secondary N) is 1. The Balaban J connectivity index is 1.91. The van der Waals surface area contributed by atoms with Crippen LogP contribution in [0, 0.1) is 23.7 Å². The van der Waals surface area contributed by atoms with E-state index in [1.165, 1.54) is 83.5 Å². The Morgan fingerprint density at radius 3 is 1.65 bits per heavy atom. The minimum absolute atomic E-state index is 0.166. The largest absolute Gasteiger partial charge is 0.379 e. The van der Waals surface area contributed by atoms with Crippen LogP contribution in [0.25, 0.3) is 0 Å². The average molecular weight is 481 g/mol. The van der Waals surface area contributed by atoms with Crippen molar-refractivity contribution in [3.63, 3.8) is 0 Å². The smallest absolute Gasteiger partial charge is 0.234 e. The fraction of sp³-hybridized carbons (Fsp3) is 0.967. The van der Waals surface area contributed by atoms with Crippen LogP contribution in [0.5, 0.6) is 0 Å². The highest BCUT2D eigenvalue weighted by atomic mass is 16.5. The maximum atomic E-state index is 12.0.